The van der Waals surface area contributed by atoms with Gasteiger partial charge in [0.15, 0.2) is 0 Å². The lowest BCUT2D eigenvalue weighted by molar-refractivity contribution is -0.120. The van der Waals surface area contributed by atoms with Crippen molar-refractivity contribution in [1.82, 2.24) is 4.90 Å². The predicted octanol–water partition coefficient (Wildman–Crippen LogP) is 1.79. The number of morpholine rings is 1. The van der Waals surface area contributed by atoms with E-state index in [0.29, 0.717) is 13.2 Å². The van der Waals surface area contributed by atoms with Crippen LogP contribution in [0.25, 0.3) is 0 Å². The van der Waals surface area contributed by atoms with Crippen molar-refractivity contribution < 1.29 is 13.9 Å². The number of nitrogens with zero attached hydrogens (tertiary/aromatic N) is 1. The van der Waals surface area contributed by atoms with E-state index in [1.807, 2.05) is 6.92 Å². The fourth-order valence-electron chi connectivity index (χ4n) is 2.17. The van der Waals surface area contributed by atoms with E-state index in [-0.39, 0.29) is 17.9 Å². The lowest BCUT2D eigenvalue weighted by Crippen LogP contribution is -2.47. The number of ether oxygens (including phenoxy) is 1. The van der Waals surface area contributed by atoms with Crippen LogP contribution in [-0.4, -0.2) is 37.0 Å². The molecule has 0 bridgehead atoms. The van der Waals surface area contributed by atoms with E-state index in [1.54, 1.807) is 12.1 Å². The summed E-state index contributed by atoms with van der Waals surface area (Å²) in [5.41, 5.74) is 1.01. The van der Waals surface area contributed by atoms with Crippen molar-refractivity contribution in [2.24, 2.45) is 0 Å². The van der Waals surface area contributed by atoms with Gasteiger partial charge >= 0.3 is 0 Å². The Bertz CT molecular complexity index is 380. The van der Waals surface area contributed by atoms with Gasteiger partial charge in [-0.25, -0.2) is 4.39 Å². The summed E-state index contributed by atoms with van der Waals surface area (Å²) in [7, 11) is 0. The molecule has 0 saturated carbocycles. The Hall–Kier alpha value is -1.26. The minimum Gasteiger partial charge on any atom is -0.378 e. The van der Waals surface area contributed by atoms with Gasteiger partial charge in [-0.15, -0.1) is 0 Å². The molecule has 4 heteroatoms. The zero-order valence-electron chi connectivity index (χ0n) is 9.80. The predicted molar refractivity (Wildman–Crippen MR) is 62.2 cm³/mol. The number of halogens is 1. The molecule has 2 rings (SSSR count). The highest BCUT2D eigenvalue weighted by Crippen LogP contribution is 2.23. The van der Waals surface area contributed by atoms with Gasteiger partial charge < -0.3 is 9.53 Å². The van der Waals surface area contributed by atoms with Crippen LogP contribution in [0.3, 0.4) is 0 Å². The molecule has 1 unspecified atom stereocenters. The average Bonchev–Trinajstić information content (AvgIpc) is 2.39. The molecule has 1 aliphatic rings. The molecule has 2 atom stereocenters. The Labute approximate surface area is 100 Å². The fourth-order valence-corrected chi connectivity index (χ4v) is 2.17. The average molecular weight is 237 g/mol. The summed E-state index contributed by atoms with van der Waals surface area (Å²) in [6, 6.07) is 6.30. The lowest BCUT2D eigenvalue weighted by atomic mass is 10.0. The quantitative estimate of drug-likeness (QED) is 0.751. The summed E-state index contributed by atoms with van der Waals surface area (Å²) in [6.45, 7) is 3.82. The molecule has 17 heavy (non-hydrogen) atoms. The minimum atomic E-state index is -0.241. The summed E-state index contributed by atoms with van der Waals surface area (Å²) in [6.07, 6.45) is 0.916. The molecular weight excluding hydrogens is 221 g/mol. The van der Waals surface area contributed by atoms with Crippen molar-refractivity contribution in [3.8, 4) is 0 Å². The standard InChI is InChI=1S/C13H16FNO2/c1-10(11-2-4-12(14)5-3-11)15-6-7-17-9-13(15)8-16/h2-5,8,10,13H,6-7,9H2,1H3/t10-,13?/m0/s1. The van der Waals surface area contributed by atoms with Crippen LogP contribution in [0.1, 0.15) is 18.5 Å². The Morgan fingerprint density at radius 1 is 1.47 bits per heavy atom. The molecule has 0 radical (unpaired) electrons. The monoisotopic (exact) mass is 237 g/mol. The van der Waals surface area contributed by atoms with E-state index in [0.717, 1.165) is 18.4 Å². The second-order valence-electron chi connectivity index (χ2n) is 4.24. The van der Waals surface area contributed by atoms with Crippen LogP contribution in [0.4, 0.5) is 4.39 Å². The smallest absolute Gasteiger partial charge is 0.139 e. The van der Waals surface area contributed by atoms with Crippen molar-refractivity contribution in [3.63, 3.8) is 0 Å². The second-order valence-corrected chi connectivity index (χ2v) is 4.24. The van der Waals surface area contributed by atoms with Gasteiger partial charge in [0.2, 0.25) is 0 Å². The zero-order valence-corrected chi connectivity index (χ0v) is 9.80. The first-order chi connectivity index (χ1) is 8.22. The van der Waals surface area contributed by atoms with Crippen LogP contribution in [-0.2, 0) is 9.53 Å². The molecule has 1 aromatic carbocycles. The first-order valence-electron chi connectivity index (χ1n) is 5.76. The topological polar surface area (TPSA) is 29.5 Å². The number of hydrogen-bond acceptors (Lipinski definition) is 3. The Kier molecular flexibility index (Phi) is 3.86. The third kappa shape index (κ3) is 2.70. The zero-order chi connectivity index (χ0) is 12.3. The van der Waals surface area contributed by atoms with E-state index in [2.05, 4.69) is 4.90 Å². The molecular formula is C13H16FNO2. The maximum Gasteiger partial charge on any atom is 0.139 e. The first-order valence-corrected chi connectivity index (χ1v) is 5.76. The molecule has 0 spiro atoms. The first kappa shape index (κ1) is 12.2. The number of carbonyl (C=O) groups excluding carboxylic acids is 1. The highest BCUT2D eigenvalue weighted by Gasteiger charge is 2.27. The lowest BCUT2D eigenvalue weighted by Gasteiger charge is -2.37. The van der Waals surface area contributed by atoms with Crippen LogP contribution in [0.5, 0.6) is 0 Å². The third-order valence-electron chi connectivity index (χ3n) is 3.22. The van der Waals surface area contributed by atoms with Gasteiger partial charge in [0.25, 0.3) is 0 Å². The van der Waals surface area contributed by atoms with Gasteiger partial charge in [-0.3, -0.25) is 4.90 Å². The van der Waals surface area contributed by atoms with E-state index >= 15 is 0 Å². The Morgan fingerprint density at radius 3 is 2.82 bits per heavy atom. The van der Waals surface area contributed by atoms with Crippen molar-refractivity contribution in [2.75, 3.05) is 19.8 Å². The van der Waals surface area contributed by atoms with Gasteiger partial charge in [-0.1, -0.05) is 12.1 Å². The molecule has 1 fully saturated rings. The molecule has 92 valence electrons. The van der Waals surface area contributed by atoms with Gasteiger partial charge in [-0.05, 0) is 24.6 Å². The number of carbonyl (C=O) groups is 1. The number of rotatable bonds is 3. The summed E-state index contributed by atoms with van der Waals surface area (Å²) in [4.78, 5) is 13.1. The molecule has 3 nitrogen and oxygen atoms in total. The summed E-state index contributed by atoms with van der Waals surface area (Å²) in [5, 5.41) is 0. The highest BCUT2D eigenvalue weighted by atomic mass is 19.1. The summed E-state index contributed by atoms with van der Waals surface area (Å²) in [5.74, 6) is -0.241. The van der Waals surface area contributed by atoms with Gasteiger partial charge in [0.1, 0.15) is 12.1 Å². The molecule has 0 aliphatic carbocycles. The van der Waals surface area contributed by atoms with E-state index in [1.165, 1.54) is 12.1 Å². The summed E-state index contributed by atoms with van der Waals surface area (Å²) >= 11 is 0. The Balaban J connectivity index is 2.14. The van der Waals surface area contributed by atoms with Gasteiger partial charge in [0, 0.05) is 12.6 Å². The minimum absolute atomic E-state index is 0.0923. The fraction of sp³-hybridized carbons (Fsp3) is 0.462. The van der Waals surface area contributed by atoms with Crippen LogP contribution >= 0.6 is 0 Å². The van der Waals surface area contributed by atoms with E-state index in [4.69, 9.17) is 4.74 Å². The number of aldehydes is 1. The van der Waals surface area contributed by atoms with Gasteiger partial charge in [-0.2, -0.15) is 0 Å². The second kappa shape index (κ2) is 5.38. The van der Waals surface area contributed by atoms with E-state index in [9.17, 15) is 9.18 Å². The van der Waals surface area contributed by atoms with E-state index < -0.39 is 0 Å². The maximum absolute atomic E-state index is 12.8. The number of hydrogen-bond donors (Lipinski definition) is 0. The highest BCUT2D eigenvalue weighted by molar-refractivity contribution is 5.58. The van der Waals surface area contributed by atoms with Crippen molar-refractivity contribution in [3.05, 3.63) is 35.6 Å². The SMILES string of the molecule is C[C@@H](c1ccc(F)cc1)N1CCOCC1C=O. The molecule has 1 aromatic rings. The molecule has 0 amide bonds. The number of benzene rings is 1. The summed E-state index contributed by atoms with van der Waals surface area (Å²) < 4.78 is 18.1. The molecule has 1 saturated heterocycles. The largest absolute Gasteiger partial charge is 0.378 e. The third-order valence-corrected chi connectivity index (χ3v) is 3.22. The molecule has 1 aliphatic heterocycles. The van der Waals surface area contributed by atoms with Gasteiger partial charge in [0.05, 0.1) is 19.3 Å². The van der Waals surface area contributed by atoms with Crippen molar-refractivity contribution >= 4 is 6.29 Å². The van der Waals surface area contributed by atoms with Crippen molar-refractivity contribution in [1.29, 1.82) is 0 Å². The van der Waals surface area contributed by atoms with Crippen LogP contribution in [0, 0.1) is 5.82 Å². The van der Waals surface area contributed by atoms with Crippen LogP contribution in [0.2, 0.25) is 0 Å². The van der Waals surface area contributed by atoms with Crippen molar-refractivity contribution in [2.45, 2.75) is 19.0 Å². The normalized spacial score (nSPS) is 23.3. The van der Waals surface area contributed by atoms with Crippen LogP contribution < -0.4 is 0 Å². The molecule has 0 aromatic heterocycles. The molecule has 0 N–H and O–H groups in total. The molecule has 1 heterocycles. The Morgan fingerprint density at radius 2 is 2.18 bits per heavy atom. The van der Waals surface area contributed by atoms with Crippen LogP contribution in [0.15, 0.2) is 24.3 Å². The maximum atomic E-state index is 12.8.